The maximum absolute atomic E-state index is 3.86. The van der Waals surface area contributed by atoms with Gasteiger partial charge in [-0.1, -0.05) is 156 Å². The molecule has 0 aliphatic heterocycles. The van der Waals surface area contributed by atoms with Crippen molar-refractivity contribution in [2.24, 2.45) is 0 Å². The number of halogens is 2. The van der Waals surface area contributed by atoms with E-state index in [0.29, 0.717) is 0 Å². The van der Waals surface area contributed by atoms with Gasteiger partial charge < -0.3 is 24.8 Å². The topological polar surface area (TPSA) is 0 Å². The van der Waals surface area contributed by atoms with Crippen LogP contribution in [0.3, 0.4) is 0 Å². The van der Waals surface area contributed by atoms with E-state index in [0.717, 1.165) is 0 Å². The van der Waals surface area contributed by atoms with Gasteiger partial charge in [0.15, 0.2) is 0 Å². The number of rotatable bonds is 6. The van der Waals surface area contributed by atoms with Crippen LogP contribution in [0, 0.1) is 19.9 Å². The SMILES string of the molecule is Cc1ccc2c(c1)[cH-]c1cc(C)ccc12.[C-]1=C(c2ccccc2)C(c2ccccc2)=C(c2ccccc2)C1c1ccccc1.[Cl-].[Cl-].[Zr+2]=[C](c1ccccc1)c1ccccc1. The van der Waals surface area contributed by atoms with Crippen molar-refractivity contribution in [1.82, 2.24) is 0 Å². The van der Waals surface area contributed by atoms with Crippen molar-refractivity contribution >= 4 is 41.5 Å². The molecular weight excluding hydrogens is 847 g/mol. The third kappa shape index (κ3) is 10.2. The predicted octanol–water partition coefficient (Wildman–Crippen LogP) is 8.42. The summed E-state index contributed by atoms with van der Waals surface area (Å²) in [5, 5.41) is 5.46. The van der Waals surface area contributed by atoms with E-state index in [9.17, 15) is 0 Å². The molecule has 0 amide bonds. The van der Waals surface area contributed by atoms with Gasteiger partial charge in [-0.05, 0) is 30.9 Å². The summed E-state index contributed by atoms with van der Waals surface area (Å²) in [4.78, 5) is 0. The fraction of sp³-hybridized carbons (Fsp3) is 0.0526. The molecule has 0 radical (unpaired) electrons. The molecule has 1 unspecified atom stereocenters. The molecule has 3 heteroatoms. The molecule has 0 bridgehead atoms. The first-order valence-corrected chi connectivity index (χ1v) is 21.1. The Hall–Kier alpha value is -5.56. The van der Waals surface area contributed by atoms with E-state index in [4.69, 9.17) is 0 Å². The van der Waals surface area contributed by atoms with Gasteiger partial charge in [-0.15, -0.1) is 63.0 Å². The van der Waals surface area contributed by atoms with Crippen molar-refractivity contribution < 1.29 is 49.0 Å². The molecule has 9 aromatic rings. The first-order valence-electron chi connectivity index (χ1n) is 19.9. The van der Waals surface area contributed by atoms with Crippen molar-refractivity contribution in [2.45, 2.75) is 19.8 Å². The molecule has 0 heterocycles. The van der Waals surface area contributed by atoms with E-state index >= 15 is 0 Å². The fourth-order valence-electron chi connectivity index (χ4n) is 7.77. The quantitative estimate of drug-likeness (QED) is 0.147. The van der Waals surface area contributed by atoms with Gasteiger partial charge in [0.25, 0.3) is 0 Å². The Morgan fingerprint density at radius 1 is 0.450 bits per heavy atom. The number of allylic oxidation sites excluding steroid dienone is 4. The zero-order valence-corrected chi connectivity index (χ0v) is 37.7. The van der Waals surface area contributed by atoms with Crippen molar-refractivity contribution in [3.63, 3.8) is 0 Å². The minimum absolute atomic E-state index is 0. The Morgan fingerprint density at radius 3 is 1.28 bits per heavy atom. The van der Waals surface area contributed by atoms with Crippen LogP contribution in [0.2, 0.25) is 0 Å². The molecule has 0 nitrogen and oxygen atoms in total. The van der Waals surface area contributed by atoms with Gasteiger partial charge in [0.2, 0.25) is 0 Å². The molecule has 1 aliphatic carbocycles. The van der Waals surface area contributed by atoms with Crippen LogP contribution in [-0.4, -0.2) is 3.21 Å². The summed E-state index contributed by atoms with van der Waals surface area (Å²) in [5.74, 6) is 0.101. The molecule has 1 atom stereocenters. The van der Waals surface area contributed by atoms with Gasteiger partial charge in [0, 0.05) is 0 Å². The molecule has 10 rings (SSSR count). The van der Waals surface area contributed by atoms with Gasteiger partial charge >= 0.3 is 99.2 Å². The molecule has 0 fully saturated rings. The Kier molecular flexibility index (Phi) is 15.5. The molecule has 0 N–H and O–H groups in total. The Labute approximate surface area is 382 Å². The summed E-state index contributed by atoms with van der Waals surface area (Å²) in [6.45, 7) is 4.28. The van der Waals surface area contributed by atoms with Crippen molar-refractivity contribution in [3.8, 4) is 0 Å². The van der Waals surface area contributed by atoms with Crippen molar-refractivity contribution in [1.29, 1.82) is 0 Å². The van der Waals surface area contributed by atoms with Crippen LogP contribution in [0.5, 0.6) is 0 Å². The summed E-state index contributed by atoms with van der Waals surface area (Å²) in [7, 11) is 0. The monoisotopic (exact) mass is 888 g/mol. The number of hydrogen-bond acceptors (Lipinski definition) is 0. The van der Waals surface area contributed by atoms with E-state index < -0.39 is 0 Å². The summed E-state index contributed by atoms with van der Waals surface area (Å²) >= 11 is 1.46. The zero-order chi connectivity index (χ0) is 39.7. The van der Waals surface area contributed by atoms with Gasteiger partial charge in [-0.2, -0.15) is 11.6 Å². The predicted molar refractivity (Wildman–Crippen MR) is 245 cm³/mol. The average Bonchev–Trinajstić information content (AvgIpc) is 3.87. The molecule has 292 valence electrons. The molecule has 1 aliphatic rings. The van der Waals surface area contributed by atoms with Crippen LogP contribution in [0.1, 0.15) is 50.4 Å². The second-order valence-corrected chi connectivity index (χ2v) is 15.9. The summed E-state index contributed by atoms with van der Waals surface area (Å²) in [6, 6.07) is 79.5. The van der Waals surface area contributed by atoms with E-state index in [2.05, 4.69) is 244 Å². The summed E-state index contributed by atoms with van der Waals surface area (Å²) in [5.41, 5.74) is 14.1. The molecule has 9 aromatic carbocycles. The number of fused-ring (bicyclic) bond motifs is 3. The minimum atomic E-state index is 0. The Morgan fingerprint density at radius 2 is 0.833 bits per heavy atom. The molecule has 0 saturated carbocycles. The summed E-state index contributed by atoms with van der Waals surface area (Å²) < 4.78 is 1.42. The molecule has 0 saturated heterocycles. The number of hydrogen-bond donors (Lipinski definition) is 0. The zero-order valence-electron chi connectivity index (χ0n) is 33.7. The first kappa shape index (κ1) is 44.0. The van der Waals surface area contributed by atoms with E-state index in [1.54, 1.807) is 0 Å². The van der Waals surface area contributed by atoms with Gasteiger partial charge in [0.05, 0.1) is 0 Å². The molecule has 0 aromatic heterocycles. The molecule has 60 heavy (non-hydrogen) atoms. The van der Waals surface area contributed by atoms with E-state index in [-0.39, 0.29) is 30.7 Å². The Balaban J connectivity index is 0.000000164. The molecular formula is C57H44Cl2Zr-2. The van der Waals surface area contributed by atoms with E-state index in [1.165, 1.54) is 110 Å². The summed E-state index contributed by atoms with van der Waals surface area (Å²) in [6.07, 6.45) is 3.86. The third-order valence-electron chi connectivity index (χ3n) is 10.6. The van der Waals surface area contributed by atoms with Crippen LogP contribution >= 0.6 is 0 Å². The van der Waals surface area contributed by atoms with Crippen LogP contribution in [-0.2, 0) is 24.2 Å². The fourth-order valence-corrected chi connectivity index (χ4v) is 8.59. The second kappa shape index (κ2) is 21.1. The molecule has 0 spiro atoms. The van der Waals surface area contributed by atoms with Crippen LogP contribution in [0.15, 0.2) is 224 Å². The normalized spacial score (nSPS) is 12.9. The van der Waals surface area contributed by atoms with Gasteiger partial charge in [0.1, 0.15) is 0 Å². The maximum atomic E-state index is 3.86. The standard InChI is InChI=1S/C29H21.C15H13.C13H10.2ClH.Zr/c1-5-13-22(14-6-1)26-21-27(23-15-7-2-8-16-23)29(25-19-11-4-12-20-25)28(26)24-17-9-3-10-18-24;1-10-3-5-14-12(7-10)9-13-8-11(2)4-6-15(13)14;1-3-7-12(8-4-1)11-13-9-5-2-6-10-13;;;/h1-20,26H;3-9H,1-2H3;1-10H;2*1H;/q2*-1;;;;+2/p-2. The van der Waals surface area contributed by atoms with Gasteiger partial charge in [-0.25, -0.2) is 0 Å². The van der Waals surface area contributed by atoms with Crippen molar-refractivity contribution in [2.75, 3.05) is 0 Å². The van der Waals surface area contributed by atoms with E-state index in [1.807, 2.05) is 0 Å². The van der Waals surface area contributed by atoms with Crippen LogP contribution in [0.25, 0.3) is 38.3 Å². The van der Waals surface area contributed by atoms with Crippen molar-refractivity contribution in [3.05, 3.63) is 275 Å². The Bertz CT molecular complexity index is 2730. The average molecular weight is 891 g/mol. The van der Waals surface area contributed by atoms with Gasteiger partial charge in [-0.3, -0.25) is 0 Å². The van der Waals surface area contributed by atoms with Crippen LogP contribution in [0.4, 0.5) is 0 Å². The number of benzene rings is 8. The number of aryl methyl sites for hydroxylation is 2. The first-order chi connectivity index (χ1) is 28.5. The third-order valence-corrected chi connectivity index (χ3v) is 12.0. The second-order valence-electron chi connectivity index (χ2n) is 14.7. The van der Waals surface area contributed by atoms with Crippen LogP contribution < -0.4 is 24.8 Å².